The molecule has 0 heteroatoms. The first-order valence-electron chi connectivity index (χ1n) is 7.92. The first-order chi connectivity index (χ1) is 9.00. The highest BCUT2D eigenvalue weighted by Gasteiger charge is 2.22. The lowest BCUT2D eigenvalue weighted by Gasteiger charge is -2.29. The molecule has 1 radical (unpaired) electrons. The summed E-state index contributed by atoms with van der Waals surface area (Å²) in [6, 6.07) is 9.21. The Balaban J connectivity index is 2.61. The van der Waals surface area contributed by atoms with Gasteiger partial charge in [0, 0.05) is 0 Å². The third-order valence-corrected chi connectivity index (χ3v) is 4.34. The van der Waals surface area contributed by atoms with Crippen LogP contribution in [0.4, 0.5) is 0 Å². The molecule has 0 spiro atoms. The fourth-order valence-electron chi connectivity index (χ4n) is 2.44. The average molecular weight is 273 g/mol. The van der Waals surface area contributed by atoms with Crippen molar-refractivity contribution in [3.05, 3.63) is 41.3 Å². The maximum absolute atomic E-state index is 2.37. The van der Waals surface area contributed by atoms with Crippen molar-refractivity contribution in [2.24, 2.45) is 11.3 Å². The second kappa shape index (κ2) is 6.33. The molecular formula is C20H33. The Morgan fingerprint density at radius 2 is 1.45 bits per heavy atom. The van der Waals surface area contributed by atoms with Gasteiger partial charge in [-0.1, -0.05) is 79.7 Å². The molecule has 0 nitrogen and oxygen atoms in total. The van der Waals surface area contributed by atoms with Crippen molar-refractivity contribution in [1.82, 2.24) is 0 Å². The van der Waals surface area contributed by atoms with Crippen LogP contribution in [0.5, 0.6) is 0 Å². The quantitative estimate of drug-likeness (QED) is 0.613. The lowest BCUT2D eigenvalue weighted by Crippen LogP contribution is -2.18. The Kier molecular flexibility index (Phi) is 5.46. The molecule has 0 bridgehead atoms. The van der Waals surface area contributed by atoms with Gasteiger partial charge in [0.25, 0.3) is 0 Å². The van der Waals surface area contributed by atoms with Crippen molar-refractivity contribution in [3.8, 4) is 0 Å². The van der Waals surface area contributed by atoms with Gasteiger partial charge in [-0.05, 0) is 46.6 Å². The fraction of sp³-hybridized carbons (Fsp3) is 0.650. The summed E-state index contributed by atoms with van der Waals surface area (Å²) >= 11 is 0. The van der Waals surface area contributed by atoms with Gasteiger partial charge in [-0.15, -0.1) is 0 Å². The monoisotopic (exact) mass is 273 g/mol. The molecule has 1 aromatic carbocycles. The Hall–Kier alpha value is -0.780. The van der Waals surface area contributed by atoms with Crippen molar-refractivity contribution in [1.29, 1.82) is 0 Å². The SMILES string of the molecule is C[C](CC(C)Cc1ccc(C(C)(C)C)cc1)C(C)(C)C. The van der Waals surface area contributed by atoms with Crippen molar-refractivity contribution < 1.29 is 0 Å². The van der Waals surface area contributed by atoms with Crippen molar-refractivity contribution in [2.75, 3.05) is 0 Å². The molecular weight excluding hydrogens is 240 g/mol. The van der Waals surface area contributed by atoms with E-state index in [2.05, 4.69) is 79.7 Å². The van der Waals surface area contributed by atoms with E-state index in [1.54, 1.807) is 5.92 Å². The molecule has 1 aromatic rings. The van der Waals surface area contributed by atoms with Crippen LogP contribution in [0.2, 0.25) is 0 Å². The van der Waals surface area contributed by atoms with E-state index >= 15 is 0 Å². The van der Waals surface area contributed by atoms with E-state index in [4.69, 9.17) is 0 Å². The Labute approximate surface area is 127 Å². The van der Waals surface area contributed by atoms with Crippen LogP contribution in [0.15, 0.2) is 24.3 Å². The van der Waals surface area contributed by atoms with Gasteiger partial charge < -0.3 is 0 Å². The highest BCUT2D eigenvalue weighted by atomic mass is 14.3. The lowest BCUT2D eigenvalue weighted by atomic mass is 9.76. The zero-order valence-corrected chi connectivity index (χ0v) is 14.8. The fourth-order valence-corrected chi connectivity index (χ4v) is 2.44. The average Bonchev–Trinajstić information content (AvgIpc) is 2.26. The van der Waals surface area contributed by atoms with Gasteiger partial charge in [-0.2, -0.15) is 0 Å². The normalized spacial score (nSPS) is 14.7. The molecule has 113 valence electrons. The van der Waals surface area contributed by atoms with E-state index in [0.29, 0.717) is 5.41 Å². The molecule has 0 fully saturated rings. The zero-order valence-electron chi connectivity index (χ0n) is 14.8. The number of hydrogen-bond acceptors (Lipinski definition) is 0. The van der Waals surface area contributed by atoms with Crippen molar-refractivity contribution in [3.63, 3.8) is 0 Å². The summed E-state index contributed by atoms with van der Waals surface area (Å²) in [5.41, 5.74) is 3.48. The summed E-state index contributed by atoms with van der Waals surface area (Å²) in [4.78, 5) is 0. The highest BCUT2D eigenvalue weighted by Crippen LogP contribution is 2.33. The van der Waals surface area contributed by atoms with Crippen LogP contribution in [0, 0.1) is 17.3 Å². The minimum atomic E-state index is 0.251. The molecule has 0 aliphatic heterocycles. The van der Waals surface area contributed by atoms with E-state index in [1.807, 2.05) is 0 Å². The summed E-state index contributed by atoms with van der Waals surface area (Å²) in [7, 11) is 0. The van der Waals surface area contributed by atoms with Crippen molar-refractivity contribution >= 4 is 0 Å². The maximum Gasteiger partial charge on any atom is -0.0132 e. The first-order valence-corrected chi connectivity index (χ1v) is 7.92. The molecule has 0 saturated carbocycles. The van der Waals surface area contributed by atoms with Crippen LogP contribution in [0.3, 0.4) is 0 Å². The number of hydrogen-bond donors (Lipinski definition) is 0. The van der Waals surface area contributed by atoms with E-state index in [9.17, 15) is 0 Å². The molecule has 0 saturated heterocycles. The molecule has 0 aliphatic rings. The third kappa shape index (κ3) is 5.31. The van der Waals surface area contributed by atoms with Gasteiger partial charge in [0.2, 0.25) is 0 Å². The van der Waals surface area contributed by atoms with E-state index in [1.165, 1.54) is 24.0 Å². The van der Waals surface area contributed by atoms with E-state index in [0.717, 1.165) is 5.92 Å². The molecule has 0 aliphatic carbocycles. The van der Waals surface area contributed by atoms with Crippen LogP contribution < -0.4 is 0 Å². The molecule has 20 heavy (non-hydrogen) atoms. The maximum atomic E-state index is 2.37. The van der Waals surface area contributed by atoms with Crippen LogP contribution in [0.1, 0.15) is 72.9 Å². The summed E-state index contributed by atoms with van der Waals surface area (Å²) in [5.74, 6) is 2.33. The second-order valence-electron chi connectivity index (χ2n) is 8.49. The summed E-state index contributed by atoms with van der Waals surface area (Å²) < 4.78 is 0. The molecule has 0 amide bonds. The van der Waals surface area contributed by atoms with Gasteiger partial charge in [-0.25, -0.2) is 0 Å². The topological polar surface area (TPSA) is 0 Å². The minimum absolute atomic E-state index is 0.251. The number of rotatable bonds is 4. The van der Waals surface area contributed by atoms with Crippen LogP contribution in [0.25, 0.3) is 0 Å². The van der Waals surface area contributed by atoms with Crippen LogP contribution in [-0.4, -0.2) is 0 Å². The second-order valence-corrected chi connectivity index (χ2v) is 8.49. The Morgan fingerprint density at radius 1 is 0.950 bits per heavy atom. The highest BCUT2D eigenvalue weighted by molar-refractivity contribution is 5.27. The van der Waals surface area contributed by atoms with Gasteiger partial charge in [0.15, 0.2) is 0 Å². The lowest BCUT2D eigenvalue weighted by molar-refractivity contribution is 0.373. The molecule has 1 atom stereocenters. The predicted octanol–water partition coefficient (Wildman–Crippen LogP) is 6.19. The Bertz CT molecular complexity index is 397. The summed E-state index contributed by atoms with van der Waals surface area (Å²) in [6.07, 6.45) is 2.41. The zero-order chi connectivity index (χ0) is 15.6. The third-order valence-electron chi connectivity index (χ3n) is 4.34. The van der Waals surface area contributed by atoms with Crippen LogP contribution in [-0.2, 0) is 11.8 Å². The molecule has 0 heterocycles. The molecule has 1 rings (SSSR count). The minimum Gasteiger partial charge on any atom is -0.0622 e. The smallest absolute Gasteiger partial charge is 0.0132 e. The first kappa shape index (κ1) is 17.3. The summed E-state index contributed by atoms with van der Waals surface area (Å²) in [6.45, 7) is 18.4. The van der Waals surface area contributed by atoms with Gasteiger partial charge >= 0.3 is 0 Å². The van der Waals surface area contributed by atoms with E-state index in [-0.39, 0.29) is 5.41 Å². The van der Waals surface area contributed by atoms with Gasteiger partial charge in [-0.3, -0.25) is 0 Å². The Morgan fingerprint density at radius 3 is 1.85 bits per heavy atom. The molecule has 0 N–H and O–H groups in total. The summed E-state index contributed by atoms with van der Waals surface area (Å²) in [5, 5.41) is 0. The van der Waals surface area contributed by atoms with Gasteiger partial charge in [0.1, 0.15) is 0 Å². The predicted molar refractivity (Wildman–Crippen MR) is 91.0 cm³/mol. The van der Waals surface area contributed by atoms with Gasteiger partial charge in [0.05, 0.1) is 0 Å². The molecule has 1 unspecified atom stereocenters. The number of benzene rings is 1. The largest absolute Gasteiger partial charge is 0.0622 e. The van der Waals surface area contributed by atoms with Crippen molar-refractivity contribution in [2.45, 2.75) is 73.6 Å². The molecule has 0 aromatic heterocycles. The van der Waals surface area contributed by atoms with E-state index < -0.39 is 0 Å². The van der Waals surface area contributed by atoms with Crippen LogP contribution >= 0.6 is 0 Å². The standard InChI is InChI=1S/C20H33/c1-15(13-16(2)19(3,4)5)14-17-9-11-18(12-10-17)20(6,7)8/h9-12,15H,13-14H2,1-8H3.